The second-order valence-corrected chi connectivity index (χ2v) is 5.43. The summed E-state index contributed by atoms with van der Waals surface area (Å²) < 4.78 is 5.13. The van der Waals surface area contributed by atoms with Gasteiger partial charge < -0.3 is 25.8 Å². The van der Waals surface area contributed by atoms with Crippen molar-refractivity contribution in [2.45, 2.75) is 44.9 Å². The molecule has 0 spiro atoms. The molecule has 1 rings (SSSR count). The minimum atomic E-state index is -0.985. The molecular formula is C11H21N3O4. The number of alkyl carbamates (subject to hydrolysis) is 1. The zero-order valence-corrected chi connectivity index (χ0v) is 11.0. The van der Waals surface area contributed by atoms with Crippen LogP contribution in [0.1, 0.15) is 27.2 Å². The fourth-order valence-electron chi connectivity index (χ4n) is 1.79. The summed E-state index contributed by atoms with van der Waals surface area (Å²) >= 11 is 0. The number of nitrogens with one attached hydrogen (secondary N) is 1. The van der Waals surface area contributed by atoms with E-state index in [4.69, 9.17) is 15.6 Å². The van der Waals surface area contributed by atoms with Crippen LogP contribution in [0.5, 0.6) is 0 Å². The van der Waals surface area contributed by atoms with E-state index in [2.05, 4.69) is 5.32 Å². The Morgan fingerprint density at radius 1 is 1.44 bits per heavy atom. The van der Waals surface area contributed by atoms with Gasteiger partial charge in [-0.1, -0.05) is 0 Å². The largest absolute Gasteiger partial charge is 0.465 e. The zero-order chi connectivity index (χ0) is 13.9. The summed E-state index contributed by atoms with van der Waals surface area (Å²) in [5.74, 6) is 0. The Hall–Kier alpha value is -1.50. The van der Waals surface area contributed by atoms with E-state index in [0.29, 0.717) is 13.0 Å². The molecule has 1 aliphatic rings. The summed E-state index contributed by atoms with van der Waals surface area (Å²) in [6.07, 6.45) is -1.01. The van der Waals surface area contributed by atoms with E-state index in [0.717, 1.165) is 0 Å². The molecule has 0 saturated carbocycles. The summed E-state index contributed by atoms with van der Waals surface area (Å²) in [7, 11) is 0. The summed E-state index contributed by atoms with van der Waals surface area (Å²) in [5, 5.41) is 11.5. The van der Waals surface area contributed by atoms with Crippen LogP contribution in [-0.4, -0.2) is 53.0 Å². The molecule has 2 unspecified atom stereocenters. The number of piperidine rings is 1. The third-order valence-corrected chi connectivity index (χ3v) is 2.63. The number of amides is 2. The minimum Gasteiger partial charge on any atom is -0.465 e. The maximum atomic E-state index is 11.6. The van der Waals surface area contributed by atoms with Crippen LogP contribution < -0.4 is 11.1 Å². The highest BCUT2D eigenvalue weighted by Gasteiger charge is 2.31. The summed E-state index contributed by atoms with van der Waals surface area (Å²) in [6, 6.07) is -0.669. The highest BCUT2D eigenvalue weighted by atomic mass is 16.6. The van der Waals surface area contributed by atoms with Gasteiger partial charge in [-0.15, -0.1) is 0 Å². The van der Waals surface area contributed by atoms with Crippen molar-refractivity contribution in [3.8, 4) is 0 Å². The monoisotopic (exact) mass is 259 g/mol. The number of carboxylic acid groups (broad SMARTS) is 1. The average Bonchev–Trinajstić information content (AvgIpc) is 2.17. The highest BCUT2D eigenvalue weighted by molar-refractivity contribution is 5.68. The van der Waals surface area contributed by atoms with Crippen molar-refractivity contribution >= 4 is 12.2 Å². The summed E-state index contributed by atoms with van der Waals surface area (Å²) in [6.45, 7) is 5.91. The lowest BCUT2D eigenvalue weighted by molar-refractivity contribution is 0.0469. The molecule has 0 radical (unpaired) electrons. The van der Waals surface area contributed by atoms with E-state index < -0.39 is 23.8 Å². The molecule has 2 amide bonds. The van der Waals surface area contributed by atoms with Crippen LogP contribution in [0, 0.1) is 0 Å². The molecule has 0 aromatic rings. The molecule has 0 bridgehead atoms. The number of ether oxygens (including phenoxy) is 1. The van der Waals surface area contributed by atoms with Gasteiger partial charge in [0.05, 0.1) is 6.04 Å². The predicted octanol–water partition coefficient (Wildman–Crippen LogP) is 0.591. The van der Waals surface area contributed by atoms with Crippen LogP contribution in [0.4, 0.5) is 9.59 Å². The van der Waals surface area contributed by atoms with E-state index >= 15 is 0 Å². The van der Waals surface area contributed by atoms with Crippen LogP contribution in [0.2, 0.25) is 0 Å². The fraction of sp³-hybridized carbons (Fsp3) is 0.818. The summed E-state index contributed by atoms with van der Waals surface area (Å²) in [5.41, 5.74) is 5.28. The SMILES string of the molecule is CC(C)(C)OC(=O)NC1CCN(C(=O)O)CC1N. The maximum absolute atomic E-state index is 11.6. The van der Waals surface area contributed by atoms with Crippen molar-refractivity contribution in [1.82, 2.24) is 10.2 Å². The Labute approximate surface area is 106 Å². The van der Waals surface area contributed by atoms with Gasteiger partial charge in [0.15, 0.2) is 0 Å². The number of carbonyl (C=O) groups excluding carboxylic acids is 1. The first kappa shape index (κ1) is 14.6. The molecule has 7 nitrogen and oxygen atoms in total. The van der Waals surface area contributed by atoms with E-state index in [1.54, 1.807) is 20.8 Å². The highest BCUT2D eigenvalue weighted by Crippen LogP contribution is 2.12. The molecule has 1 heterocycles. The van der Waals surface area contributed by atoms with Gasteiger partial charge in [-0.3, -0.25) is 0 Å². The first-order valence-corrected chi connectivity index (χ1v) is 5.92. The van der Waals surface area contributed by atoms with Crippen molar-refractivity contribution in [2.24, 2.45) is 5.73 Å². The molecule has 0 aromatic heterocycles. The van der Waals surface area contributed by atoms with Gasteiger partial charge in [0.1, 0.15) is 5.60 Å². The van der Waals surface area contributed by atoms with Gasteiger partial charge >= 0.3 is 12.2 Å². The smallest absolute Gasteiger partial charge is 0.407 e. The topological polar surface area (TPSA) is 105 Å². The quantitative estimate of drug-likeness (QED) is 0.639. The molecule has 4 N–H and O–H groups in total. The van der Waals surface area contributed by atoms with Crippen LogP contribution >= 0.6 is 0 Å². The fourth-order valence-corrected chi connectivity index (χ4v) is 1.79. The number of nitrogens with two attached hydrogens (primary N) is 1. The van der Waals surface area contributed by atoms with Gasteiger partial charge in [-0.05, 0) is 27.2 Å². The minimum absolute atomic E-state index is 0.218. The lowest BCUT2D eigenvalue weighted by Crippen LogP contribution is -2.59. The predicted molar refractivity (Wildman–Crippen MR) is 65.3 cm³/mol. The first-order valence-electron chi connectivity index (χ1n) is 5.92. The molecule has 0 aliphatic carbocycles. The van der Waals surface area contributed by atoms with Gasteiger partial charge in [-0.25, -0.2) is 9.59 Å². The second kappa shape index (κ2) is 5.43. The average molecular weight is 259 g/mol. The summed E-state index contributed by atoms with van der Waals surface area (Å²) in [4.78, 5) is 23.6. The van der Waals surface area contributed by atoms with E-state index in [-0.39, 0.29) is 12.6 Å². The molecule has 104 valence electrons. The van der Waals surface area contributed by atoms with Gasteiger partial charge in [0.25, 0.3) is 0 Å². The number of likely N-dealkylation sites (tertiary alicyclic amines) is 1. The Bertz CT molecular complexity index is 327. The lowest BCUT2D eigenvalue weighted by Gasteiger charge is -2.35. The van der Waals surface area contributed by atoms with Crippen LogP contribution in [0.25, 0.3) is 0 Å². The van der Waals surface area contributed by atoms with Crippen LogP contribution in [-0.2, 0) is 4.74 Å². The Balaban J connectivity index is 2.45. The molecule has 0 aromatic carbocycles. The first-order chi connectivity index (χ1) is 8.19. The van der Waals surface area contributed by atoms with Crippen LogP contribution in [0.15, 0.2) is 0 Å². The molecule has 2 atom stereocenters. The Kier molecular flexibility index (Phi) is 4.39. The van der Waals surface area contributed by atoms with Gasteiger partial charge in [-0.2, -0.15) is 0 Å². The van der Waals surface area contributed by atoms with E-state index in [1.807, 2.05) is 0 Å². The standard InChI is InChI=1S/C11H21N3O4/c1-11(2,3)18-9(15)13-8-4-5-14(10(16)17)6-7(8)12/h7-8H,4-6,12H2,1-3H3,(H,13,15)(H,16,17). The van der Waals surface area contributed by atoms with Gasteiger partial charge in [0, 0.05) is 19.1 Å². The number of nitrogens with zero attached hydrogens (tertiary/aromatic N) is 1. The number of hydrogen-bond donors (Lipinski definition) is 3. The molecule has 7 heteroatoms. The third kappa shape index (κ3) is 4.40. The van der Waals surface area contributed by atoms with Crippen molar-refractivity contribution in [3.63, 3.8) is 0 Å². The maximum Gasteiger partial charge on any atom is 0.407 e. The van der Waals surface area contributed by atoms with Crippen molar-refractivity contribution in [3.05, 3.63) is 0 Å². The molecular weight excluding hydrogens is 238 g/mol. The second-order valence-electron chi connectivity index (χ2n) is 5.43. The molecule has 18 heavy (non-hydrogen) atoms. The van der Waals surface area contributed by atoms with Crippen molar-refractivity contribution in [2.75, 3.05) is 13.1 Å². The molecule has 1 fully saturated rings. The number of hydrogen-bond acceptors (Lipinski definition) is 4. The van der Waals surface area contributed by atoms with E-state index in [1.165, 1.54) is 4.90 Å². The normalized spacial score (nSPS) is 24.6. The zero-order valence-electron chi connectivity index (χ0n) is 11.0. The Morgan fingerprint density at radius 3 is 2.50 bits per heavy atom. The van der Waals surface area contributed by atoms with E-state index in [9.17, 15) is 9.59 Å². The third-order valence-electron chi connectivity index (χ3n) is 2.63. The van der Waals surface area contributed by atoms with Crippen molar-refractivity contribution < 1.29 is 19.4 Å². The molecule has 1 aliphatic heterocycles. The Morgan fingerprint density at radius 2 is 2.06 bits per heavy atom. The number of rotatable bonds is 1. The van der Waals surface area contributed by atoms with Gasteiger partial charge in [0.2, 0.25) is 0 Å². The number of carbonyl (C=O) groups is 2. The lowest BCUT2D eigenvalue weighted by atomic mass is 10.0. The molecule has 1 saturated heterocycles. The van der Waals surface area contributed by atoms with Crippen LogP contribution in [0.3, 0.4) is 0 Å². The van der Waals surface area contributed by atoms with Crippen molar-refractivity contribution in [1.29, 1.82) is 0 Å².